The summed E-state index contributed by atoms with van der Waals surface area (Å²) in [5, 5.41) is -45.0. The van der Waals surface area contributed by atoms with Crippen molar-refractivity contribution in [1.82, 2.24) is 0 Å². The van der Waals surface area contributed by atoms with Gasteiger partial charge in [-0.15, -0.1) is 0 Å². The van der Waals surface area contributed by atoms with E-state index >= 15 is 0 Å². The predicted octanol–water partition coefficient (Wildman–Crippen LogP) is 8.73. The summed E-state index contributed by atoms with van der Waals surface area (Å²) in [6, 6.07) is 8.79. The van der Waals surface area contributed by atoms with E-state index < -0.39 is 160 Å². The maximum Gasteiger partial charge on any atom is 0.450 e. The van der Waals surface area contributed by atoms with Crippen LogP contribution < -0.4 is 13.1 Å². The van der Waals surface area contributed by atoms with Gasteiger partial charge in [-0.1, -0.05) is 62.7 Å². The maximum atomic E-state index is 13.7. The molecule has 0 amide bonds. The molecule has 0 bridgehead atoms. The Morgan fingerprint density at radius 2 is 0.663 bits per heavy atom. The highest BCUT2D eigenvalue weighted by Crippen LogP contribution is 2.54. The second-order valence-electron chi connectivity index (χ2n) is 16.5. The van der Waals surface area contributed by atoms with Crippen LogP contribution in [-0.2, 0) is 84.9 Å². The van der Waals surface area contributed by atoms with E-state index in [2.05, 4.69) is 44.2 Å². The van der Waals surface area contributed by atoms with Crippen LogP contribution in [0.1, 0.15) is 25.0 Å². The van der Waals surface area contributed by atoms with Crippen molar-refractivity contribution in [2.45, 2.75) is 73.3 Å². The number of hydrogen-bond acceptors (Lipinski definition) is 20. The molecular formula is C41H34F20O24S7. The lowest BCUT2D eigenvalue weighted by molar-refractivity contribution is -0.247. The van der Waals surface area contributed by atoms with Crippen molar-refractivity contribution in [3.8, 4) is 17.2 Å². The monoisotopic (exact) mass is 1510 g/mol. The van der Waals surface area contributed by atoms with Crippen LogP contribution in [-0.4, -0.2) is 150 Å². The van der Waals surface area contributed by atoms with E-state index in [1.54, 1.807) is 0 Å². The number of carbonyl (C=O) groups is 2. The average Bonchev–Trinajstić information content (AvgIpc) is 0.737. The number of rotatable bonds is 25. The predicted molar refractivity (Wildman–Crippen MR) is 268 cm³/mol. The van der Waals surface area contributed by atoms with E-state index in [9.17, 15) is 156 Å². The average molecular weight is 1520 g/mol. The van der Waals surface area contributed by atoms with Gasteiger partial charge in [0.15, 0.2) is 6.61 Å². The molecule has 0 aliphatic rings. The highest BCUT2D eigenvalue weighted by atomic mass is 32.2. The molecule has 0 fully saturated rings. The van der Waals surface area contributed by atoms with Gasteiger partial charge in [-0.25, -0.2) is 18.0 Å². The van der Waals surface area contributed by atoms with Crippen LogP contribution in [0.2, 0.25) is 0 Å². The zero-order valence-corrected chi connectivity index (χ0v) is 49.7. The van der Waals surface area contributed by atoms with E-state index in [1.807, 2.05) is 0 Å². The molecule has 0 saturated heterocycles. The van der Waals surface area contributed by atoms with Crippen LogP contribution in [0.3, 0.4) is 0 Å². The first kappa shape index (κ1) is 85.2. The van der Waals surface area contributed by atoms with Crippen molar-refractivity contribution >= 4 is 94.6 Å². The lowest BCUT2D eigenvalue weighted by atomic mass is 10.2. The van der Waals surface area contributed by atoms with Gasteiger partial charge in [0.25, 0.3) is 0 Å². The number of ether oxygens (including phenoxy) is 2. The molecule has 0 atom stereocenters. The molecule has 524 valence electrons. The van der Waals surface area contributed by atoms with Gasteiger partial charge in [-0.2, -0.15) is 138 Å². The third-order valence-electron chi connectivity index (χ3n) is 9.56. The fourth-order valence-electron chi connectivity index (χ4n) is 4.53. The summed E-state index contributed by atoms with van der Waals surface area (Å²) in [5.74, 6) is -25.5. The molecule has 0 aliphatic heterocycles. The largest absolute Gasteiger partial charge is 0.455 e. The van der Waals surface area contributed by atoms with Gasteiger partial charge in [0.2, 0.25) is 9.84 Å². The molecule has 0 radical (unpaired) electrons. The molecule has 0 heterocycles. The summed E-state index contributed by atoms with van der Waals surface area (Å²) >= 11 is 0. The molecule has 92 heavy (non-hydrogen) atoms. The minimum absolute atomic E-state index is 0.0467. The van der Waals surface area contributed by atoms with Crippen LogP contribution >= 0.6 is 0 Å². The third-order valence-corrected chi connectivity index (χ3v) is 17.6. The second kappa shape index (κ2) is 28.1. The number of alkyl halides is 20. The van der Waals surface area contributed by atoms with Gasteiger partial charge in [0, 0.05) is 11.1 Å². The molecule has 0 aromatic heterocycles. The molecule has 0 aliphatic carbocycles. The third kappa shape index (κ3) is 17.7. The fraction of sp³-hybridized carbons (Fsp3) is 0.317. The molecule has 0 saturated carbocycles. The Balaban J connectivity index is 0.00000123. The Morgan fingerprint density at radius 1 is 0.402 bits per heavy atom. The fourth-order valence-corrected chi connectivity index (χ4v) is 9.37. The summed E-state index contributed by atoms with van der Waals surface area (Å²) in [7, 11) is -47.0. The van der Waals surface area contributed by atoms with E-state index in [0.29, 0.717) is 29.8 Å². The van der Waals surface area contributed by atoms with Crippen LogP contribution in [0.25, 0.3) is 12.2 Å². The maximum absolute atomic E-state index is 13.7. The number of hydrogen-bond donors (Lipinski definition) is 4. The van der Waals surface area contributed by atoms with Crippen LogP contribution in [0.5, 0.6) is 17.2 Å². The number of sulfone groups is 1. The topological polar surface area (TPSA) is 391 Å². The van der Waals surface area contributed by atoms with Crippen molar-refractivity contribution < 1.29 is 192 Å². The van der Waals surface area contributed by atoms with Gasteiger partial charge in [-0.3, -0.25) is 18.2 Å². The van der Waals surface area contributed by atoms with Crippen molar-refractivity contribution in [3.63, 3.8) is 0 Å². The first-order chi connectivity index (χ1) is 40.4. The minimum Gasteiger partial charge on any atom is -0.455 e. The summed E-state index contributed by atoms with van der Waals surface area (Å²) in [4.78, 5) is 20.4. The van der Waals surface area contributed by atoms with Gasteiger partial charge in [0.05, 0.1) is 4.90 Å². The molecule has 0 unspecified atom stereocenters. The molecule has 51 heteroatoms. The molecule has 24 nitrogen and oxygen atoms in total. The molecule has 3 rings (SSSR count). The molecule has 4 N–H and O–H groups in total. The van der Waals surface area contributed by atoms with Gasteiger partial charge in [-0.05, 0) is 73.5 Å². The molecular weight excluding hydrogens is 1480 g/mol. The molecule has 0 spiro atoms. The van der Waals surface area contributed by atoms with Gasteiger partial charge < -0.3 is 17.8 Å². The summed E-state index contributed by atoms with van der Waals surface area (Å²) in [6.07, 6.45) is 2.39. The van der Waals surface area contributed by atoms with E-state index in [1.165, 1.54) is 19.9 Å². The minimum atomic E-state index is -7.14. The normalized spacial score (nSPS) is 13.8. The first-order valence-corrected chi connectivity index (χ1v) is 31.5. The lowest BCUT2D eigenvalue weighted by Gasteiger charge is -2.30. The smallest absolute Gasteiger partial charge is 0.450 e. The van der Waals surface area contributed by atoms with Crippen LogP contribution in [0.15, 0.2) is 115 Å². The Morgan fingerprint density at radius 3 is 0.924 bits per heavy atom. The highest BCUT2D eigenvalue weighted by molar-refractivity contribution is 7.93. The Kier molecular flexibility index (Phi) is 26.0. The van der Waals surface area contributed by atoms with Crippen molar-refractivity contribution in [3.05, 3.63) is 121 Å². The van der Waals surface area contributed by atoms with Gasteiger partial charge in [0.1, 0.15) is 17.2 Å². The Labute approximate surface area is 503 Å². The van der Waals surface area contributed by atoms with E-state index in [0.717, 1.165) is 54.6 Å². The van der Waals surface area contributed by atoms with Crippen LogP contribution in [0.4, 0.5) is 87.8 Å². The Bertz CT molecular complexity index is 4090. The second-order valence-corrected chi connectivity index (χ2v) is 27.6. The lowest BCUT2D eigenvalue weighted by Crippen LogP contribution is -2.61. The molecule has 3 aromatic rings. The van der Waals surface area contributed by atoms with Crippen molar-refractivity contribution in [1.29, 1.82) is 0 Å². The molecule has 3 aromatic carbocycles. The highest BCUT2D eigenvalue weighted by Gasteiger charge is 2.85. The zero-order valence-electron chi connectivity index (χ0n) is 44.0. The standard InChI is InChI=1S/C13H10F6O8S2.C11H8F6O6S2.C11H8F6O5S2.C6H8F2O5S/c1-7(2)10(20)26-8-3-5-9(6-4-8)27-29(24,25)13(18,19)11(14,15)12(16,17)28(21,22)23;1-2-7-3-5-8(6-4-7)23-25(21,22)11(16,17)9(12,13)10(14,15)24(18,19)20;1-2-7-3-5-8(6-4-7)23(18,19)10(14,15)9(12,13)11(16,17)24(20,21)22;1-4(2)5(9)13-3-6(7,8)14(10,11)12/h3-6H,1H2,2H3,(H,21,22,23);2-6H,1H2,(H,18,19,20);2-6H,1H2,(H,20,21,22);1,3H2,2H3,(H,10,11,12). The van der Waals surface area contributed by atoms with Gasteiger partial charge >= 0.3 is 127 Å². The van der Waals surface area contributed by atoms with Crippen molar-refractivity contribution in [2.75, 3.05) is 6.61 Å². The van der Waals surface area contributed by atoms with Crippen LogP contribution in [0, 0.1) is 0 Å². The van der Waals surface area contributed by atoms with E-state index in [4.69, 9.17) is 18.2 Å². The first-order valence-electron chi connectivity index (χ1n) is 21.4. The number of carbonyl (C=O) groups excluding carboxylic acids is 2. The van der Waals surface area contributed by atoms with E-state index in [-0.39, 0.29) is 22.5 Å². The number of benzene rings is 3. The number of halogens is 20. The SMILES string of the molecule is C=C(C)C(=O)OCC(F)(F)S(=O)(=O)O.C=C(C)C(=O)Oc1ccc(OS(=O)(=O)C(F)(F)C(F)(F)C(F)(F)S(=O)(=O)O)cc1.C=Cc1ccc(OS(=O)(=O)C(F)(F)C(F)(F)C(F)(F)S(=O)(=O)O)cc1.C=Cc1ccc(S(=O)(=O)C(F)(F)C(F)(F)C(F)(F)S(=O)(=O)O)cc1. The summed E-state index contributed by atoms with van der Waals surface area (Å²) in [6.45, 7) is 13.6. The quantitative estimate of drug-likeness (QED) is 0.0154. The number of esters is 2. The van der Waals surface area contributed by atoms with Crippen molar-refractivity contribution in [2.24, 2.45) is 0 Å². The summed E-state index contributed by atoms with van der Waals surface area (Å²) in [5.41, 5.74) is 0.345. The zero-order chi connectivity index (χ0) is 73.7. The Hall–Kier alpha value is -6.75. The summed E-state index contributed by atoms with van der Waals surface area (Å²) < 4.78 is 463.